The van der Waals surface area contributed by atoms with Crippen molar-refractivity contribution in [3.05, 3.63) is 36.4 Å². The molecule has 0 unspecified atom stereocenters. The first-order valence-corrected chi connectivity index (χ1v) is 4.76. The number of hydrogen-bond donors (Lipinski definition) is 1. The van der Waals surface area contributed by atoms with Crippen molar-refractivity contribution in [2.45, 2.75) is 6.18 Å². The predicted octanol–water partition coefficient (Wildman–Crippen LogP) is 2.33. The normalized spacial score (nSPS) is 11.5. The van der Waals surface area contributed by atoms with Crippen LogP contribution in [0.1, 0.15) is 5.56 Å². The van der Waals surface area contributed by atoms with E-state index in [9.17, 15) is 13.2 Å². The second-order valence-electron chi connectivity index (χ2n) is 3.35. The highest BCUT2D eigenvalue weighted by Gasteiger charge is 2.32. The van der Waals surface area contributed by atoms with E-state index in [-0.39, 0.29) is 0 Å². The van der Waals surface area contributed by atoms with E-state index in [1.54, 1.807) is 19.3 Å². The number of alkyl halides is 3. The van der Waals surface area contributed by atoms with Crippen molar-refractivity contribution in [2.24, 2.45) is 0 Å². The fraction of sp³-hybridized carbons (Fsp3) is 0.200. The van der Waals surface area contributed by atoms with Crippen LogP contribution < -0.4 is 5.32 Å². The molecule has 0 aromatic carbocycles. The molecule has 1 N–H and O–H groups in total. The zero-order valence-corrected chi connectivity index (χ0v) is 8.86. The molecule has 0 saturated carbocycles. The van der Waals surface area contributed by atoms with Crippen molar-refractivity contribution in [3.63, 3.8) is 0 Å². The largest absolute Gasteiger partial charge is 0.419 e. The Labute approximate surface area is 95.1 Å². The van der Waals surface area contributed by atoms with E-state index in [4.69, 9.17) is 0 Å². The maximum absolute atomic E-state index is 12.4. The summed E-state index contributed by atoms with van der Waals surface area (Å²) >= 11 is 0. The number of aromatic nitrogens is 3. The van der Waals surface area contributed by atoms with Crippen LogP contribution in [0.15, 0.2) is 30.9 Å². The standard InChI is InChI=1S/C10H9F3N4/c1-14-8-2-9(5-15-4-8)17-6-7(3-16-17)10(11,12)13/h2-6,14H,1H3. The van der Waals surface area contributed by atoms with Crippen LogP contribution in [-0.4, -0.2) is 21.8 Å². The van der Waals surface area contributed by atoms with Crippen molar-refractivity contribution in [3.8, 4) is 5.69 Å². The van der Waals surface area contributed by atoms with Crippen molar-refractivity contribution >= 4 is 5.69 Å². The fourth-order valence-electron chi connectivity index (χ4n) is 1.30. The van der Waals surface area contributed by atoms with Gasteiger partial charge in [-0.05, 0) is 6.07 Å². The van der Waals surface area contributed by atoms with Gasteiger partial charge in [0.25, 0.3) is 0 Å². The minimum Gasteiger partial charge on any atom is -0.387 e. The first kappa shape index (κ1) is 11.4. The molecule has 0 aliphatic heterocycles. The Morgan fingerprint density at radius 2 is 2.00 bits per heavy atom. The van der Waals surface area contributed by atoms with Gasteiger partial charge in [0.05, 0.1) is 35.5 Å². The molecular weight excluding hydrogens is 233 g/mol. The lowest BCUT2D eigenvalue weighted by atomic mass is 10.3. The van der Waals surface area contributed by atoms with Gasteiger partial charge in [0.15, 0.2) is 0 Å². The number of rotatable bonds is 2. The van der Waals surface area contributed by atoms with E-state index in [2.05, 4.69) is 15.4 Å². The quantitative estimate of drug-likeness (QED) is 0.878. The molecule has 0 amide bonds. The Bertz CT molecular complexity index is 518. The Morgan fingerprint density at radius 1 is 1.24 bits per heavy atom. The van der Waals surface area contributed by atoms with Gasteiger partial charge in [0.2, 0.25) is 0 Å². The number of pyridine rings is 1. The number of hydrogen-bond acceptors (Lipinski definition) is 3. The van der Waals surface area contributed by atoms with Crippen LogP contribution in [0.3, 0.4) is 0 Å². The monoisotopic (exact) mass is 242 g/mol. The Kier molecular flexibility index (Phi) is 2.74. The summed E-state index contributed by atoms with van der Waals surface area (Å²) in [5.74, 6) is 0. The van der Waals surface area contributed by atoms with Crippen LogP contribution in [0, 0.1) is 0 Å². The third-order valence-electron chi connectivity index (χ3n) is 2.19. The van der Waals surface area contributed by atoms with Crippen LogP contribution in [0.2, 0.25) is 0 Å². The molecule has 4 nitrogen and oxygen atoms in total. The zero-order chi connectivity index (χ0) is 12.5. The summed E-state index contributed by atoms with van der Waals surface area (Å²) in [6.07, 6.45) is 0.334. The third kappa shape index (κ3) is 2.38. The van der Waals surface area contributed by atoms with E-state index in [1.807, 2.05) is 0 Å². The number of halogens is 3. The molecule has 2 aromatic rings. The van der Waals surface area contributed by atoms with E-state index in [0.717, 1.165) is 17.1 Å². The number of nitrogens with zero attached hydrogens (tertiary/aromatic N) is 3. The molecule has 17 heavy (non-hydrogen) atoms. The lowest BCUT2D eigenvalue weighted by molar-refractivity contribution is -0.137. The van der Waals surface area contributed by atoms with Crippen LogP contribution in [0.5, 0.6) is 0 Å². The number of anilines is 1. The van der Waals surface area contributed by atoms with Crippen molar-refractivity contribution in [1.29, 1.82) is 0 Å². The van der Waals surface area contributed by atoms with Gasteiger partial charge in [-0.3, -0.25) is 4.98 Å². The van der Waals surface area contributed by atoms with Crippen LogP contribution in [0.4, 0.5) is 18.9 Å². The summed E-state index contributed by atoms with van der Waals surface area (Å²) < 4.78 is 38.3. The minimum absolute atomic E-state index is 0.465. The first-order valence-electron chi connectivity index (χ1n) is 4.76. The summed E-state index contributed by atoms with van der Waals surface area (Å²) in [4.78, 5) is 3.90. The van der Waals surface area contributed by atoms with E-state index in [0.29, 0.717) is 11.4 Å². The van der Waals surface area contributed by atoms with Crippen LogP contribution >= 0.6 is 0 Å². The lowest BCUT2D eigenvalue weighted by Crippen LogP contribution is -2.03. The van der Waals surface area contributed by atoms with E-state index >= 15 is 0 Å². The molecule has 0 radical (unpaired) electrons. The second-order valence-corrected chi connectivity index (χ2v) is 3.35. The topological polar surface area (TPSA) is 42.7 Å². The van der Waals surface area contributed by atoms with E-state index < -0.39 is 11.7 Å². The molecular formula is C10H9F3N4. The molecule has 0 aliphatic rings. The summed E-state index contributed by atoms with van der Waals surface area (Å²) in [7, 11) is 1.70. The molecule has 0 fully saturated rings. The van der Waals surface area contributed by atoms with Gasteiger partial charge < -0.3 is 5.32 Å². The maximum Gasteiger partial charge on any atom is 0.419 e. The first-order chi connectivity index (χ1) is 8.00. The van der Waals surface area contributed by atoms with Gasteiger partial charge in [0, 0.05) is 13.2 Å². The average Bonchev–Trinajstić information content (AvgIpc) is 2.78. The fourth-order valence-corrected chi connectivity index (χ4v) is 1.30. The van der Waals surface area contributed by atoms with Crippen molar-refractivity contribution in [2.75, 3.05) is 12.4 Å². The van der Waals surface area contributed by atoms with Gasteiger partial charge >= 0.3 is 6.18 Å². The van der Waals surface area contributed by atoms with Gasteiger partial charge in [0.1, 0.15) is 0 Å². The third-order valence-corrected chi connectivity index (χ3v) is 2.19. The lowest BCUT2D eigenvalue weighted by Gasteiger charge is -2.04. The molecule has 2 aromatic heterocycles. The van der Waals surface area contributed by atoms with Crippen LogP contribution in [0.25, 0.3) is 5.69 Å². The Morgan fingerprint density at radius 3 is 2.59 bits per heavy atom. The molecule has 7 heteroatoms. The van der Waals surface area contributed by atoms with Gasteiger partial charge in [-0.25, -0.2) is 4.68 Å². The minimum atomic E-state index is -4.38. The highest BCUT2D eigenvalue weighted by atomic mass is 19.4. The molecule has 0 saturated heterocycles. The van der Waals surface area contributed by atoms with Gasteiger partial charge in [-0.1, -0.05) is 0 Å². The Hall–Kier alpha value is -2.05. The Balaban J connectivity index is 2.37. The smallest absolute Gasteiger partial charge is 0.387 e. The van der Waals surface area contributed by atoms with E-state index in [1.165, 1.54) is 6.20 Å². The van der Waals surface area contributed by atoms with Crippen molar-refractivity contribution in [1.82, 2.24) is 14.8 Å². The molecule has 0 aliphatic carbocycles. The highest BCUT2D eigenvalue weighted by Crippen LogP contribution is 2.29. The zero-order valence-electron chi connectivity index (χ0n) is 8.86. The maximum atomic E-state index is 12.4. The molecule has 0 bridgehead atoms. The van der Waals surface area contributed by atoms with Crippen molar-refractivity contribution < 1.29 is 13.2 Å². The summed E-state index contributed by atoms with van der Waals surface area (Å²) in [5, 5.41) is 6.51. The van der Waals surface area contributed by atoms with Gasteiger partial charge in [-0.2, -0.15) is 18.3 Å². The summed E-state index contributed by atoms with van der Waals surface area (Å²) in [6, 6.07) is 1.65. The SMILES string of the molecule is CNc1cncc(-n2cc(C(F)(F)F)cn2)c1. The molecule has 2 rings (SSSR count). The summed E-state index contributed by atoms with van der Waals surface area (Å²) in [6.45, 7) is 0. The second kappa shape index (κ2) is 4.08. The molecule has 90 valence electrons. The molecule has 2 heterocycles. The molecule has 0 atom stereocenters. The predicted molar refractivity (Wildman–Crippen MR) is 55.9 cm³/mol. The number of nitrogens with one attached hydrogen (secondary N) is 1. The average molecular weight is 242 g/mol. The summed E-state index contributed by atoms with van der Waals surface area (Å²) in [5.41, 5.74) is 0.381. The van der Waals surface area contributed by atoms with Crippen LogP contribution in [-0.2, 0) is 6.18 Å². The molecule has 0 spiro atoms. The highest BCUT2D eigenvalue weighted by molar-refractivity contribution is 5.47. The van der Waals surface area contributed by atoms with Gasteiger partial charge in [-0.15, -0.1) is 0 Å².